The van der Waals surface area contributed by atoms with Gasteiger partial charge in [-0.3, -0.25) is 4.79 Å². The second-order valence-electron chi connectivity index (χ2n) is 4.37. The number of halogens is 3. The minimum Gasteiger partial charge on any atom is -0.313 e. The summed E-state index contributed by atoms with van der Waals surface area (Å²) in [6.45, 7) is 3.71. The molecule has 1 N–H and O–H groups in total. The van der Waals surface area contributed by atoms with E-state index in [1.54, 1.807) is 12.1 Å². The van der Waals surface area contributed by atoms with Crippen LogP contribution in [0.5, 0.6) is 0 Å². The molecule has 0 spiro atoms. The van der Waals surface area contributed by atoms with Crippen LogP contribution in [0.3, 0.4) is 0 Å². The zero-order valence-corrected chi connectivity index (χ0v) is 12.6. The van der Waals surface area contributed by atoms with Gasteiger partial charge >= 0.3 is 0 Å². The summed E-state index contributed by atoms with van der Waals surface area (Å²) in [5.41, 5.74) is 0.729. The van der Waals surface area contributed by atoms with Gasteiger partial charge in [-0.05, 0) is 34.0 Å². The molecule has 0 amide bonds. The minimum atomic E-state index is -0.587. The van der Waals surface area contributed by atoms with Gasteiger partial charge < -0.3 is 4.98 Å². The number of rotatable bonds is 2. The van der Waals surface area contributed by atoms with Gasteiger partial charge in [0.2, 0.25) is 0 Å². The SMILES string of the molecule is CC(C)c1c(-c2ccc(Br)c(Cl)c2F)nc[nH]c1=O. The highest BCUT2D eigenvalue weighted by atomic mass is 79.9. The molecule has 1 aromatic carbocycles. The Morgan fingerprint density at radius 3 is 2.74 bits per heavy atom. The molecule has 1 aromatic heterocycles. The lowest BCUT2D eigenvalue weighted by Gasteiger charge is -2.12. The predicted molar refractivity (Wildman–Crippen MR) is 77.1 cm³/mol. The van der Waals surface area contributed by atoms with E-state index >= 15 is 0 Å². The fourth-order valence-electron chi connectivity index (χ4n) is 1.87. The van der Waals surface area contributed by atoms with Crippen LogP contribution in [0.25, 0.3) is 11.3 Å². The van der Waals surface area contributed by atoms with Crippen molar-refractivity contribution < 1.29 is 4.39 Å². The van der Waals surface area contributed by atoms with Crippen molar-refractivity contribution in [1.82, 2.24) is 9.97 Å². The first-order chi connectivity index (χ1) is 8.93. The zero-order valence-electron chi connectivity index (χ0n) is 10.3. The van der Waals surface area contributed by atoms with Gasteiger partial charge in [-0.25, -0.2) is 9.37 Å². The Morgan fingerprint density at radius 1 is 1.42 bits per heavy atom. The van der Waals surface area contributed by atoms with Gasteiger partial charge in [-0.2, -0.15) is 0 Å². The molecule has 6 heteroatoms. The molecule has 0 bridgehead atoms. The third-order valence-corrected chi connectivity index (χ3v) is 4.02. The van der Waals surface area contributed by atoms with Gasteiger partial charge in [0.1, 0.15) is 0 Å². The summed E-state index contributed by atoms with van der Waals surface area (Å²) in [5, 5.41) is -0.0192. The first kappa shape index (κ1) is 14.2. The van der Waals surface area contributed by atoms with Crippen molar-refractivity contribution in [2.45, 2.75) is 19.8 Å². The number of aromatic nitrogens is 2. The van der Waals surface area contributed by atoms with E-state index in [0.717, 1.165) is 0 Å². The van der Waals surface area contributed by atoms with Crippen molar-refractivity contribution in [1.29, 1.82) is 0 Å². The second kappa shape index (κ2) is 5.43. The molecule has 0 fully saturated rings. The van der Waals surface area contributed by atoms with Crippen molar-refractivity contribution in [3.63, 3.8) is 0 Å². The fraction of sp³-hybridized carbons (Fsp3) is 0.231. The van der Waals surface area contributed by atoms with Crippen LogP contribution in [-0.2, 0) is 0 Å². The molecule has 2 aromatic rings. The third kappa shape index (κ3) is 2.58. The van der Waals surface area contributed by atoms with Gasteiger partial charge in [0.05, 0.1) is 17.0 Å². The van der Waals surface area contributed by atoms with E-state index in [1.165, 1.54) is 6.33 Å². The molecule has 19 heavy (non-hydrogen) atoms. The van der Waals surface area contributed by atoms with E-state index in [1.807, 2.05) is 13.8 Å². The average molecular weight is 346 g/mol. The lowest BCUT2D eigenvalue weighted by molar-refractivity contribution is 0.629. The fourth-order valence-corrected chi connectivity index (χ4v) is 2.34. The Labute approximate surface area is 123 Å². The number of nitrogens with one attached hydrogen (secondary N) is 1. The van der Waals surface area contributed by atoms with Gasteiger partial charge in [-0.15, -0.1) is 0 Å². The zero-order chi connectivity index (χ0) is 14.2. The molecule has 0 unspecified atom stereocenters. The Balaban J connectivity index is 2.77. The smallest absolute Gasteiger partial charge is 0.254 e. The highest BCUT2D eigenvalue weighted by Gasteiger charge is 2.19. The number of aromatic amines is 1. The van der Waals surface area contributed by atoms with Crippen LogP contribution in [0.1, 0.15) is 25.3 Å². The quantitative estimate of drug-likeness (QED) is 0.832. The standard InChI is InChI=1S/C13H11BrClFN2O/c1-6(2)9-12(17-5-18-13(9)19)7-3-4-8(14)10(15)11(7)16/h3-6H,1-2H3,(H,17,18,19). The highest BCUT2D eigenvalue weighted by Crippen LogP contribution is 2.34. The summed E-state index contributed by atoms with van der Waals surface area (Å²) in [5.74, 6) is -0.662. The first-order valence-corrected chi connectivity index (χ1v) is 6.82. The normalized spacial score (nSPS) is 11.1. The number of benzene rings is 1. The van der Waals surface area contributed by atoms with Crippen molar-refractivity contribution in [3.8, 4) is 11.3 Å². The van der Waals surface area contributed by atoms with E-state index in [0.29, 0.717) is 15.7 Å². The summed E-state index contributed by atoms with van der Waals surface area (Å²) in [4.78, 5) is 18.5. The molecule has 0 atom stereocenters. The van der Waals surface area contributed by atoms with E-state index < -0.39 is 5.82 Å². The number of hydrogen-bond donors (Lipinski definition) is 1. The van der Waals surface area contributed by atoms with E-state index in [2.05, 4.69) is 25.9 Å². The summed E-state index contributed by atoms with van der Waals surface area (Å²) in [6.07, 6.45) is 1.26. The molecule has 0 aliphatic carbocycles. The number of H-pyrrole nitrogens is 1. The van der Waals surface area contributed by atoms with Crippen molar-refractivity contribution >= 4 is 27.5 Å². The Kier molecular flexibility index (Phi) is 4.06. The predicted octanol–water partition coefficient (Wildman–Crippen LogP) is 4.12. The molecule has 1 heterocycles. The summed E-state index contributed by atoms with van der Waals surface area (Å²) in [6, 6.07) is 3.19. The van der Waals surface area contributed by atoms with Gasteiger partial charge in [0.25, 0.3) is 5.56 Å². The summed E-state index contributed by atoms with van der Waals surface area (Å²) < 4.78 is 14.7. The van der Waals surface area contributed by atoms with Gasteiger partial charge in [0, 0.05) is 15.6 Å². The lowest BCUT2D eigenvalue weighted by atomic mass is 9.98. The molecule has 0 saturated carbocycles. The largest absolute Gasteiger partial charge is 0.313 e. The van der Waals surface area contributed by atoms with Crippen LogP contribution in [0, 0.1) is 5.82 Å². The molecular formula is C13H11BrClFN2O. The summed E-state index contributed by atoms with van der Waals surface area (Å²) in [7, 11) is 0. The van der Waals surface area contributed by atoms with Crippen molar-refractivity contribution in [2.24, 2.45) is 0 Å². The monoisotopic (exact) mass is 344 g/mol. The molecule has 0 radical (unpaired) electrons. The van der Waals surface area contributed by atoms with Crippen molar-refractivity contribution in [2.75, 3.05) is 0 Å². The minimum absolute atomic E-state index is 0.0192. The maximum atomic E-state index is 14.2. The van der Waals surface area contributed by atoms with Gasteiger partial charge in [0.15, 0.2) is 5.82 Å². The molecule has 3 nitrogen and oxygen atoms in total. The Hall–Kier alpha value is -1.20. The Morgan fingerprint density at radius 2 is 2.11 bits per heavy atom. The van der Waals surface area contributed by atoms with Crippen LogP contribution >= 0.6 is 27.5 Å². The molecule has 0 aliphatic heterocycles. The molecular weight excluding hydrogens is 335 g/mol. The molecule has 0 aliphatic rings. The van der Waals surface area contributed by atoms with Crippen LogP contribution in [0.2, 0.25) is 5.02 Å². The van der Waals surface area contributed by atoms with Crippen LogP contribution in [0.4, 0.5) is 4.39 Å². The molecule has 100 valence electrons. The van der Waals surface area contributed by atoms with Crippen LogP contribution < -0.4 is 5.56 Å². The third-order valence-electron chi connectivity index (χ3n) is 2.76. The highest BCUT2D eigenvalue weighted by molar-refractivity contribution is 9.10. The maximum Gasteiger partial charge on any atom is 0.254 e. The average Bonchev–Trinajstić information content (AvgIpc) is 2.35. The second-order valence-corrected chi connectivity index (χ2v) is 5.60. The molecule has 0 saturated heterocycles. The van der Waals surface area contributed by atoms with E-state index in [4.69, 9.17) is 11.6 Å². The topological polar surface area (TPSA) is 45.8 Å². The van der Waals surface area contributed by atoms with Crippen LogP contribution in [0.15, 0.2) is 27.7 Å². The van der Waals surface area contributed by atoms with Gasteiger partial charge in [-0.1, -0.05) is 25.4 Å². The maximum absolute atomic E-state index is 14.2. The first-order valence-electron chi connectivity index (χ1n) is 5.65. The Bertz CT molecular complexity index is 685. The number of nitrogens with zero attached hydrogens (tertiary/aromatic N) is 1. The van der Waals surface area contributed by atoms with Crippen LogP contribution in [-0.4, -0.2) is 9.97 Å². The van der Waals surface area contributed by atoms with Crippen molar-refractivity contribution in [3.05, 3.63) is 49.7 Å². The lowest BCUT2D eigenvalue weighted by Crippen LogP contribution is -2.16. The molecule has 2 rings (SSSR count). The summed E-state index contributed by atoms with van der Waals surface area (Å²) >= 11 is 9.02. The number of hydrogen-bond acceptors (Lipinski definition) is 2. The van der Waals surface area contributed by atoms with E-state index in [9.17, 15) is 9.18 Å². The van der Waals surface area contributed by atoms with E-state index in [-0.39, 0.29) is 22.1 Å².